The van der Waals surface area contributed by atoms with Crippen LogP contribution in [0.3, 0.4) is 0 Å². The van der Waals surface area contributed by atoms with E-state index in [1.807, 2.05) is 12.1 Å². The first-order chi connectivity index (χ1) is 10.3. The molecular formula is C18H23ClN2. The van der Waals surface area contributed by atoms with Crippen molar-refractivity contribution in [2.45, 2.75) is 12.8 Å². The zero-order valence-electron chi connectivity index (χ0n) is 12.4. The van der Waals surface area contributed by atoms with Crippen molar-refractivity contribution < 1.29 is 0 Å². The Labute approximate surface area is 132 Å². The molecule has 1 aromatic carbocycles. The van der Waals surface area contributed by atoms with Gasteiger partial charge in [-0.05, 0) is 54.9 Å². The molecule has 3 heteroatoms. The summed E-state index contributed by atoms with van der Waals surface area (Å²) in [6.45, 7) is 5.97. The Morgan fingerprint density at radius 2 is 1.71 bits per heavy atom. The third-order valence-corrected chi connectivity index (χ3v) is 5.73. The summed E-state index contributed by atoms with van der Waals surface area (Å²) in [5.41, 5.74) is 1.31. The number of allylic oxidation sites excluding steroid dienone is 2. The van der Waals surface area contributed by atoms with Crippen LogP contribution in [0.2, 0.25) is 5.02 Å². The quantitative estimate of drug-likeness (QED) is 0.786. The van der Waals surface area contributed by atoms with Crippen molar-refractivity contribution in [2.75, 3.05) is 37.6 Å². The van der Waals surface area contributed by atoms with Crippen molar-refractivity contribution >= 4 is 17.3 Å². The molecular weight excluding hydrogens is 280 g/mol. The zero-order valence-corrected chi connectivity index (χ0v) is 13.2. The van der Waals surface area contributed by atoms with E-state index in [2.05, 4.69) is 34.1 Å². The van der Waals surface area contributed by atoms with Gasteiger partial charge in [-0.2, -0.15) is 0 Å². The number of fused-ring (bicyclic) bond motifs is 2. The van der Waals surface area contributed by atoms with Crippen LogP contribution < -0.4 is 4.90 Å². The first-order valence-corrected chi connectivity index (χ1v) is 8.57. The maximum Gasteiger partial charge on any atom is 0.0407 e. The number of hydrogen-bond acceptors (Lipinski definition) is 2. The summed E-state index contributed by atoms with van der Waals surface area (Å²) in [5, 5.41) is 0.821. The Kier molecular flexibility index (Phi) is 3.68. The van der Waals surface area contributed by atoms with Gasteiger partial charge in [-0.3, -0.25) is 4.90 Å². The van der Waals surface area contributed by atoms with Gasteiger partial charge in [0.2, 0.25) is 0 Å². The van der Waals surface area contributed by atoms with Gasteiger partial charge in [0.05, 0.1) is 0 Å². The van der Waals surface area contributed by atoms with Crippen LogP contribution in [0.4, 0.5) is 5.69 Å². The molecule has 1 aromatic rings. The second-order valence-corrected chi connectivity index (χ2v) is 7.24. The minimum atomic E-state index is 0.821. The third kappa shape index (κ3) is 2.84. The third-order valence-electron chi connectivity index (χ3n) is 5.47. The lowest BCUT2D eigenvalue weighted by Gasteiger charge is -2.38. The predicted octanol–water partition coefficient (Wildman–Crippen LogP) is 3.67. The summed E-state index contributed by atoms with van der Waals surface area (Å²) in [6.07, 6.45) is 7.77. The van der Waals surface area contributed by atoms with E-state index in [4.69, 9.17) is 11.6 Å². The minimum Gasteiger partial charge on any atom is -0.369 e. The molecule has 1 saturated heterocycles. The maximum atomic E-state index is 5.97. The number of halogens is 1. The average Bonchev–Trinajstić information content (AvgIpc) is 3.12. The zero-order chi connectivity index (χ0) is 14.2. The van der Waals surface area contributed by atoms with Crippen molar-refractivity contribution in [2.24, 2.45) is 17.8 Å². The highest BCUT2D eigenvalue weighted by molar-refractivity contribution is 6.30. The van der Waals surface area contributed by atoms with Gasteiger partial charge in [0, 0.05) is 43.4 Å². The molecule has 0 aromatic heterocycles. The molecule has 2 aliphatic carbocycles. The molecule has 2 nitrogen and oxygen atoms in total. The van der Waals surface area contributed by atoms with E-state index in [1.165, 1.54) is 38.2 Å². The number of nitrogens with zero attached hydrogens (tertiary/aromatic N) is 2. The Hall–Kier alpha value is -0.990. The molecule has 0 spiro atoms. The number of anilines is 1. The summed E-state index contributed by atoms with van der Waals surface area (Å²) in [6, 6.07) is 8.26. The highest BCUT2D eigenvalue weighted by Crippen LogP contribution is 2.43. The smallest absolute Gasteiger partial charge is 0.0407 e. The van der Waals surface area contributed by atoms with Crippen molar-refractivity contribution in [1.29, 1.82) is 0 Å². The molecule has 1 saturated carbocycles. The van der Waals surface area contributed by atoms with Crippen LogP contribution in [-0.4, -0.2) is 37.6 Å². The number of piperazine rings is 1. The van der Waals surface area contributed by atoms with Gasteiger partial charge in [-0.25, -0.2) is 0 Å². The molecule has 0 radical (unpaired) electrons. The highest BCUT2D eigenvalue weighted by atomic mass is 35.5. The van der Waals surface area contributed by atoms with Crippen LogP contribution in [-0.2, 0) is 0 Å². The fourth-order valence-corrected chi connectivity index (χ4v) is 4.40. The maximum absolute atomic E-state index is 5.97. The fraction of sp³-hybridized carbons (Fsp3) is 0.556. The Morgan fingerprint density at radius 1 is 0.952 bits per heavy atom. The topological polar surface area (TPSA) is 6.48 Å². The van der Waals surface area contributed by atoms with Gasteiger partial charge in [-0.15, -0.1) is 0 Å². The average molecular weight is 303 g/mol. The lowest BCUT2D eigenvalue weighted by molar-refractivity contribution is 0.204. The second-order valence-electron chi connectivity index (χ2n) is 6.80. The summed E-state index contributed by atoms with van der Waals surface area (Å²) in [5.74, 6) is 2.70. The Bertz CT molecular complexity index is 517. The molecule has 1 aliphatic heterocycles. The molecule has 112 valence electrons. The Morgan fingerprint density at radius 3 is 2.33 bits per heavy atom. The van der Waals surface area contributed by atoms with Crippen LogP contribution in [0, 0.1) is 17.8 Å². The molecule has 0 N–H and O–H groups in total. The summed E-state index contributed by atoms with van der Waals surface area (Å²) in [7, 11) is 0. The number of hydrogen-bond donors (Lipinski definition) is 0. The van der Waals surface area contributed by atoms with Crippen LogP contribution in [0.5, 0.6) is 0 Å². The monoisotopic (exact) mass is 302 g/mol. The van der Waals surface area contributed by atoms with Crippen LogP contribution in [0.15, 0.2) is 36.4 Å². The van der Waals surface area contributed by atoms with Crippen molar-refractivity contribution in [3.05, 3.63) is 41.4 Å². The van der Waals surface area contributed by atoms with Crippen LogP contribution in [0.1, 0.15) is 12.8 Å². The van der Waals surface area contributed by atoms with Gasteiger partial charge >= 0.3 is 0 Å². The molecule has 3 aliphatic rings. The Balaban J connectivity index is 1.30. The van der Waals surface area contributed by atoms with Crippen molar-refractivity contribution in [1.82, 2.24) is 4.90 Å². The molecule has 1 heterocycles. The first-order valence-electron chi connectivity index (χ1n) is 8.19. The van der Waals surface area contributed by atoms with E-state index in [-0.39, 0.29) is 0 Å². The molecule has 3 atom stereocenters. The van der Waals surface area contributed by atoms with E-state index in [0.717, 1.165) is 35.9 Å². The highest BCUT2D eigenvalue weighted by Gasteiger charge is 2.36. The van der Waals surface area contributed by atoms with Crippen LogP contribution >= 0.6 is 11.6 Å². The van der Waals surface area contributed by atoms with E-state index in [9.17, 15) is 0 Å². The van der Waals surface area contributed by atoms with Crippen molar-refractivity contribution in [3.8, 4) is 0 Å². The summed E-state index contributed by atoms with van der Waals surface area (Å²) in [4.78, 5) is 5.15. The van der Waals surface area contributed by atoms with E-state index in [0.29, 0.717) is 0 Å². The predicted molar refractivity (Wildman–Crippen MR) is 88.9 cm³/mol. The lowest BCUT2D eigenvalue weighted by atomic mass is 9.93. The van der Waals surface area contributed by atoms with Gasteiger partial charge in [0.25, 0.3) is 0 Å². The molecule has 2 fully saturated rings. The molecule has 21 heavy (non-hydrogen) atoms. The molecule has 4 rings (SSSR count). The largest absolute Gasteiger partial charge is 0.369 e. The second kappa shape index (κ2) is 5.66. The fourth-order valence-electron chi connectivity index (χ4n) is 4.28. The van der Waals surface area contributed by atoms with Gasteiger partial charge < -0.3 is 4.90 Å². The normalized spacial score (nSPS) is 32.0. The number of rotatable bonds is 3. The summed E-state index contributed by atoms with van der Waals surface area (Å²) >= 11 is 5.97. The van der Waals surface area contributed by atoms with E-state index < -0.39 is 0 Å². The van der Waals surface area contributed by atoms with Crippen molar-refractivity contribution in [3.63, 3.8) is 0 Å². The molecule has 0 unspecified atom stereocenters. The van der Waals surface area contributed by atoms with E-state index >= 15 is 0 Å². The minimum absolute atomic E-state index is 0.821. The van der Waals surface area contributed by atoms with Gasteiger partial charge in [-0.1, -0.05) is 23.8 Å². The molecule has 2 bridgehead atoms. The SMILES string of the molecule is Clc1ccc(N2CCN(C[C@@H]3C[C@@H]4C=C[C@@H]3C4)CC2)cc1. The summed E-state index contributed by atoms with van der Waals surface area (Å²) < 4.78 is 0. The van der Waals surface area contributed by atoms with Gasteiger partial charge in [0.15, 0.2) is 0 Å². The standard InChI is InChI=1S/C18H23ClN2/c19-17-3-5-18(6-4-17)21-9-7-20(8-10-21)13-16-12-14-1-2-15(16)11-14/h1-6,14-16H,7-13H2/t14-,15-,16+/m1/s1. The van der Waals surface area contributed by atoms with E-state index in [1.54, 1.807) is 0 Å². The number of benzene rings is 1. The van der Waals surface area contributed by atoms with Gasteiger partial charge in [0.1, 0.15) is 0 Å². The van der Waals surface area contributed by atoms with Crippen LogP contribution in [0.25, 0.3) is 0 Å². The molecule has 0 amide bonds. The first kappa shape index (κ1) is 13.7. The lowest BCUT2D eigenvalue weighted by Crippen LogP contribution is -2.48.